The van der Waals surface area contributed by atoms with Crippen molar-refractivity contribution in [3.8, 4) is 0 Å². The Balaban J connectivity index is 1.83. The average Bonchev–Trinajstić information content (AvgIpc) is 3.01. The predicted molar refractivity (Wildman–Crippen MR) is 99.2 cm³/mol. The Hall–Kier alpha value is -2.96. The molecular formula is C20H19F2N5. The highest BCUT2D eigenvalue weighted by Crippen LogP contribution is 2.24. The van der Waals surface area contributed by atoms with Crippen molar-refractivity contribution in [2.75, 3.05) is 0 Å². The van der Waals surface area contributed by atoms with Gasteiger partial charge in [-0.25, -0.2) is 23.7 Å². The summed E-state index contributed by atoms with van der Waals surface area (Å²) in [7, 11) is 0. The fourth-order valence-corrected chi connectivity index (χ4v) is 3.20. The number of nitrogens with zero attached hydrogens (tertiary/aromatic N) is 5. The summed E-state index contributed by atoms with van der Waals surface area (Å²) in [5.41, 5.74) is 2.14. The van der Waals surface area contributed by atoms with Gasteiger partial charge in [0.2, 0.25) is 0 Å². The van der Waals surface area contributed by atoms with Crippen LogP contribution in [0.5, 0.6) is 0 Å². The second-order valence-corrected chi connectivity index (χ2v) is 6.98. The Morgan fingerprint density at radius 1 is 1.00 bits per heavy atom. The Labute approximate surface area is 155 Å². The minimum absolute atomic E-state index is 0.0340. The van der Waals surface area contributed by atoms with E-state index in [0.29, 0.717) is 29.1 Å². The van der Waals surface area contributed by atoms with Gasteiger partial charge in [-0.3, -0.25) is 4.98 Å². The Morgan fingerprint density at radius 3 is 2.63 bits per heavy atom. The molecule has 4 aromatic rings. The van der Waals surface area contributed by atoms with Crippen LogP contribution in [0.4, 0.5) is 8.78 Å². The van der Waals surface area contributed by atoms with Crippen molar-refractivity contribution in [3.05, 3.63) is 59.8 Å². The maximum atomic E-state index is 14.1. The number of imidazole rings is 1. The molecule has 0 aliphatic rings. The molecule has 0 bridgehead atoms. The topological polar surface area (TPSA) is 56.5 Å². The van der Waals surface area contributed by atoms with Crippen LogP contribution in [0.2, 0.25) is 0 Å². The normalized spacial score (nSPS) is 11.7. The standard InChI is InChI=1S/C20H19F2N5/c1-12(2)3-6-16-26-19-20(25-10-9-24-19)27(16)11-13-7-8-23-18-14(13)4-5-15(21)17(18)22/h4-5,7-10,12H,3,6,11H2,1-2H3. The van der Waals surface area contributed by atoms with Gasteiger partial charge in [-0.1, -0.05) is 13.8 Å². The van der Waals surface area contributed by atoms with Gasteiger partial charge in [0.1, 0.15) is 11.3 Å². The number of hydrogen-bond acceptors (Lipinski definition) is 4. The molecule has 0 radical (unpaired) electrons. The maximum Gasteiger partial charge on any atom is 0.197 e. The van der Waals surface area contributed by atoms with Gasteiger partial charge in [-0.15, -0.1) is 0 Å². The molecule has 0 amide bonds. The number of rotatable bonds is 5. The van der Waals surface area contributed by atoms with Crippen LogP contribution in [0.25, 0.3) is 22.2 Å². The van der Waals surface area contributed by atoms with Crippen molar-refractivity contribution in [3.63, 3.8) is 0 Å². The first-order chi connectivity index (χ1) is 13.0. The molecule has 3 heterocycles. The molecule has 0 saturated heterocycles. The van der Waals surface area contributed by atoms with Gasteiger partial charge in [0.15, 0.2) is 22.9 Å². The van der Waals surface area contributed by atoms with E-state index in [4.69, 9.17) is 0 Å². The van der Waals surface area contributed by atoms with E-state index in [-0.39, 0.29) is 5.52 Å². The first kappa shape index (κ1) is 17.5. The van der Waals surface area contributed by atoms with E-state index < -0.39 is 11.6 Å². The fourth-order valence-electron chi connectivity index (χ4n) is 3.20. The third kappa shape index (κ3) is 3.25. The number of aromatic nitrogens is 5. The van der Waals surface area contributed by atoms with E-state index in [1.807, 2.05) is 10.6 Å². The highest BCUT2D eigenvalue weighted by molar-refractivity contribution is 5.82. The number of fused-ring (bicyclic) bond motifs is 2. The first-order valence-corrected chi connectivity index (χ1v) is 8.92. The van der Waals surface area contributed by atoms with Crippen LogP contribution in [0.3, 0.4) is 0 Å². The summed E-state index contributed by atoms with van der Waals surface area (Å²) in [6, 6.07) is 4.51. The van der Waals surface area contributed by atoms with E-state index in [9.17, 15) is 8.78 Å². The van der Waals surface area contributed by atoms with Gasteiger partial charge in [-0.2, -0.15) is 0 Å². The molecular weight excluding hydrogens is 348 g/mol. The largest absolute Gasteiger partial charge is 0.307 e. The van der Waals surface area contributed by atoms with Crippen LogP contribution in [-0.4, -0.2) is 24.5 Å². The molecule has 0 aliphatic carbocycles. The van der Waals surface area contributed by atoms with Gasteiger partial charge in [0.25, 0.3) is 0 Å². The summed E-state index contributed by atoms with van der Waals surface area (Å²) < 4.78 is 29.7. The molecule has 0 aliphatic heterocycles. The Bertz CT molecular complexity index is 1120. The van der Waals surface area contributed by atoms with Crippen molar-refractivity contribution >= 4 is 22.2 Å². The predicted octanol–water partition coefficient (Wildman–Crippen LogP) is 4.29. The van der Waals surface area contributed by atoms with Gasteiger partial charge >= 0.3 is 0 Å². The molecule has 3 aromatic heterocycles. The van der Waals surface area contributed by atoms with Crippen LogP contribution in [0, 0.1) is 17.6 Å². The summed E-state index contributed by atoms with van der Waals surface area (Å²) in [6.07, 6.45) is 6.53. The molecule has 4 rings (SSSR count). The van der Waals surface area contributed by atoms with Crippen LogP contribution in [0.15, 0.2) is 36.8 Å². The van der Waals surface area contributed by atoms with Crippen molar-refractivity contribution in [1.82, 2.24) is 24.5 Å². The Morgan fingerprint density at radius 2 is 1.81 bits per heavy atom. The zero-order valence-electron chi connectivity index (χ0n) is 15.2. The lowest BCUT2D eigenvalue weighted by Gasteiger charge is -2.12. The lowest BCUT2D eigenvalue weighted by atomic mass is 10.1. The molecule has 27 heavy (non-hydrogen) atoms. The summed E-state index contributed by atoms with van der Waals surface area (Å²) in [5.74, 6) is -0.399. The molecule has 138 valence electrons. The van der Waals surface area contributed by atoms with Crippen molar-refractivity contribution in [2.45, 2.75) is 33.2 Å². The minimum Gasteiger partial charge on any atom is -0.307 e. The average molecular weight is 367 g/mol. The molecule has 0 N–H and O–H groups in total. The van der Waals surface area contributed by atoms with Crippen LogP contribution in [-0.2, 0) is 13.0 Å². The van der Waals surface area contributed by atoms with Gasteiger partial charge in [0, 0.05) is 30.4 Å². The quantitative estimate of drug-likeness (QED) is 0.528. The summed E-state index contributed by atoms with van der Waals surface area (Å²) in [5, 5.41) is 0.581. The van der Waals surface area contributed by atoms with Crippen LogP contribution in [0.1, 0.15) is 31.7 Å². The van der Waals surface area contributed by atoms with Crippen molar-refractivity contribution in [2.24, 2.45) is 5.92 Å². The fraction of sp³-hybridized carbons (Fsp3) is 0.300. The third-order valence-electron chi connectivity index (χ3n) is 4.63. The number of pyridine rings is 1. The van der Waals surface area contributed by atoms with E-state index in [1.54, 1.807) is 18.5 Å². The molecule has 5 nitrogen and oxygen atoms in total. The second-order valence-electron chi connectivity index (χ2n) is 6.98. The van der Waals surface area contributed by atoms with E-state index in [2.05, 4.69) is 33.8 Å². The van der Waals surface area contributed by atoms with E-state index in [0.717, 1.165) is 30.3 Å². The summed E-state index contributed by atoms with van der Waals surface area (Å²) in [4.78, 5) is 17.4. The van der Waals surface area contributed by atoms with Crippen LogP contribution < -0.4 is 0 Å². The zero-order chi connectivity index (χ0) is 19.0. The Kier molecular flexibility index (Phi) is 4.51. The molecule has 0 unspecified atom stereocenters. The lowest BCUT2D eigenvalue weighted by Crippen LogP contribution is -2.08. The molecule has 0 fully saturated rings. The monoisotopic (exact) mass is 367 g/mol. The van der Waals surface area contributed by atoms with Crippen molar-refractivity contribution < 1.29 is 8.78 Å². The molecule has 7 heteroatoms. The van der Waals surface area contributed by atoms with E-state index >= 15 is 0 Å². The first-order valence-electron chi connectivity index (χ1n) is 8.92. The summed E-state index contributed by atoms with van der Waals surface area (Å²) >= 11 is 0. The SMILES string of the molecule is CC(C)CCc1nc2nccnc2n1Cc1ccnc2c(F)c(F)ccc12. The van der Waals surface area contributed by atoms with Gasteiger partial charge in [0.05, 0.1) is 6.54 Å². The highest BCUT2D eigenvalue weighted by atomic mass is 19.2. The van der Waals surface area contributed by atoms with Gasteiger partial charge < -0.3 is 4.57 Å². The number of hydrogen-bond donors (Lipinski definition) is 0. The summed E-state index contributed by atoms with van der Waals surface area (Å²) in [6.45, 7) is 4.76. The second kappa shape index (κ2) is 6.98. The minimum atomic E-state index is -0.926. The van der Waals surface area contributed by atoms with Crippen LogP contribution >= 0.6 is 0 Å². The molecule has 0 atom stereocenters. The lowest BCUT2D eigenvalue weighted by molar-refractivity contribution is 0.515. The molecule has 0 spiro atoms. The third-order valence-corrected chi connectivity index (χ3v) is 4.63. The molecule has 1 aromatic carbocycles. The molecule has 0 saturated carbocycles. The number of halogens is 2. The van der Waals surface area contributed by atoms with Crippen molar-refractivity contribution in [1.29, 1.82) is 0 Å². The number of benzene rings is 1. The zero-order valence-corrected chi connectivity index (χ0v) is 15.2. The van der Waals surface area contributed by atoms with Gasteiger partial charge in [-0.05, 0) is 36.1 Å². The maximum absolute atomic E-state index is 14.1. The van der Waals surface area contributed by atoms with E-state index in [1.165, 1.54) is 6.20 Å². The number of aryl methyl sites for hydroxylation is 1. The highest BCUT2D eigenvalue weighted by Gasteiger charge is 2.16. The smallest absolute Gasteiger partial charge is 0.197 e.